The first-order valence-corrected chi connectivity index (χ1v) is 7.11. The van der Waals surface area contributed by atoms with Crippen LogP contribution in [0.3, 0.4) is 0 Å². The third kappa shape index (κ3) is 4.09. The summed E-state index contributed by atoms with van der Waals surface area (Å²) in [5.74, 6) is -0.664. The molecule has 1 atom stereocenters. The van der Waals surface area contributed by atoms with E-state index in [-0.39, 0.29) is 0 Å². The molecule has 2 rings (SSSR count). The number of hydrogen-bond acceptors (Lipinski definition) is 2. The van der Waals surface area contributed by atoms with Gasteiger partial charge in [-0.15, -0.1) is 0 Å². The maximum Gasteiger partial charge on any atom is 0.311 e. The van der Waals surface area contributed by atoms with Gasteiger partial charge in [0.05, 0.1) is 12.5 Å². The van der Waals surface area contributed by atoms with E-state index in [1.54, 1.807) is 0 Å². The number of carboxylic acid groups (broad SMARTS) is 1. The highest BCUT2D eigenvalue weighted by atomic mass is 16.5. The average molecular weight is 284 g/mol. The van der Waals surface area contributed by atoms with Gasteiger partial charge in [0.15, 0.2) is 0 Å². The molecule has 0 aliphatic carbocycles. The molecule has 3 heteroatoms. The van der Waals surface area contributed by atoms with Gasteiger partial charge in [-0.1, -0.05) is 42.0 Å². The van der Waals surface area contributed by atoms with Crippen molar-refractivity contribution in [1.82, 2.24) is 0 Å². The van der Waals surface area contributed by atoms with E-state index in [4.69, 9.17) is 4.74 Å². The molecule has 0 aliphatic heterocycles. The van der Waals surface area contributed by atoms with E-state index in [1.807, 2.05) is 62.4 Å². The second kappa shape index (κ2) is 6.93. The van der Waals surface area contributed by atoms with Gasteiger partial charge in [-0.2, -0.15) is 0 Å². The number of benzene rings is 2. The Kier molecular flexibility index (Phi) is 4.99. The molecule has 0 bridgehead atoms. The molecule has 2 aromatic rings. The maximum atomic E-state index is 11.6. The molecule has 110 valence electrons. The molecule has 0 fully saturated rings. The highest BCUT2D eigenvalue weighted by molar-refractivity contribution is 5.76. The minimum Gasteiger partial charge on any atom is -0.494 e. The molecule has 0 aromatic heterocycles. The third-order valence-corrected chi connectivity index (χ3v) is 3.43. The second-order valence-corrected chi connectivity index (χ2v) is 5.09. The molecule has 0 spiro atoms. The van der Waals surface area contributed by atoms with Crippen molar-refractivity contribution < 1.29 is 14.6 Å². The smallest absolute Gasteiger partial charge is 0.311 e. The Bertz CT molecular complexity index is 602. The van der Waals surface area contributed by atoms with Gasteiger partial charge < -0.3 is 9.84 Å². The van der Waals surface area contributed by atoms with Gasteiger partial charge in [0.25, 0.3) is 0 Å². The fraction of sp³-hybridized carbons (Fsp3) is 0.278. The molecule has 21 heavy (non-hydrogen) atoms. The van der Waals surface area contributed by atoms with Crippen molar-refractivity contribution in [3.05, 3.63) is 65.2 Å². The van der Waals surface area contributed by atoms with Crippen LogP contribution in [0.4, 0.5) is 0 Å². The van der Waals surface area contributed by atoms with Crippen molar-refractivity contribution in [3.8, 4) is 5.75 Å². The molecular weight excluding hydrogens is 264 g/mol. The zero-order chi connectivity index (χ0) is 15.2. The van der Waals surface area contributed by atoms with Gasteiger partial charge in [0.2, 0.25) is 0 Å². The van der Waals surface area contributed by atoms with Crippen LogP contribution >= 0.6 is 0 Å². The maximum absolute atomic E-state index is 11.6. The fourth-order valence-corrected chi connectivity index (χ4v) is 2.30. The van der Waals surface area contributed by atoms with Gasteiger partial charge >= 0.3 is 5.97 Å². The zero-order valence-corrected chi connectivity index (χ0v) is 12.4. The number of carboxylic acids is 1. The minimum atomic E-state index is -0.816. The van der Waals surface area contributed by atoms with E-state index in [1.165, 1.54) is 5.56 Å². The summed E-state index contributed by atoms with van der Waals surface area (Å²) in [5.41, 5.74) is 2.97. The molecule has 0 saturated heterocycles. The summed E-state index contributed by atoms with van der Waals surface area (Å²) in [6, 6.07) is 15.3. The highest BCUT2D eigenvalue weighted by Crippen LogP contribution is 2.25. The van der Waals surface area contributed by atoms with E-state index >= 15 is 0 Å². The number of carbonyl (C=O) groups is 1. The number of hydrogen-bond donors (Lipinski definition) is 1. The van der Waals surface area contributed by atoms with Gasteiger partial charge in [0, 0.05) is 0 Å². The second-order valence-electron chi connectivity index (χ2n) is 5.09. The lowest BCUT2D eigenvalue weighted by atomic mass is 9.91. The summed E-state index contributed by atoms with van der Waals surface area (Å²) in [6.45, 7) is 4.50. The van der Waals surface area contributed by atoms with Gasteiger partial charge in [0.1, 0.15) is 5.75 Å². The standard InChI is InChI=1S/C18H20O3/c1-3-21-16-6-4-5-15(12-16)17(18(19)20)11-14-9-7-13(2)8-10-14/h4-10,12,17H,3,11H2,1-2H3,(H,19,20). The number of aliphatic carboxylic acids is 1. The molecular formula is C18H20O3. The van der Waals surface area contributed by atoms with Crippen LogP contribution in [0.15, 0.2) is 48.5 Å². The molecule has 1 N–H and O–H groups in total. The number of aryl methyl sites for hydroxylation is 1. The number of rotatable bonds is 6. The van der Waals surface area contributed by atoms with Crippen LogP contribution in [-0.2, 0) is 11.2 Å². The molecule has 3 nitrogen and oxygen atoms in total. The molecule has 0 heterocycles. The fourth-order valence-electron chi connectivity index (χ4n) is 2.30. The predicted octanol–water partition coefficient (Wildman–Crippen LogP) is 3.80. The highest BCUT2D eigenvalue weighted by Gasteiger charge is 2.20. The van der Waals surface area contributed by atoms with Crippen molar-refractivity contribution >= 4 is 5.97 Å². The Morgan fingerprint density at radius 1 is 1.19 bits per heavy atom. The minimum absolute atomic E-state index is 0.477. The average Bonchev–Trinajstić information content (AvgIpc) is 2.47. The molecule has 0 amide bonds. The Hall–Kier alpha value is -2.29. The van der Waals surface area contributed by atoms with Crippen molar-refractivity contribution in [2.24, 2.45) is 0 Å². The van der Waals surface area contributed by atoms with Gasteiger partial charge in [-0.05, 0) is 43.5 Å². The zero-order valence-electron chi connectivity index (χ0n) is 12.4. The number of ether oxygens (including phenoxy) is 1. The van der Waals surface area contributed by atoms with E-state index in [0.717, 1.165) is 11.1 Å². The topological polar surface area (TPSA) is 46.5 Å². The Labute approximate surface area is 125 Å². The van der Waals surface area contributed by atoms with E-state index in [9.17, 15) is 9.90 Å². The largest absolute Gasteiger partial charge is 0.494 e. The van der Waals surface area contributed by atoms with Crippen LogP contribution in [0.5, 0.6) is 5.75 Å². The van der Waals surface area contributed by atoms with E-state index in [2.05, 4.69) is 0 Å². The molecule has 0 aliphatic rings. The summed E-state index contributed by atoms with van der Waals surface area (Å²) in [4.78, 5) is 11.6. The van der Waals surface area contributed by atoms with Crippen LogP contribution in [0.1, 0.15) is 29.5 Å². The Morgan fingerprint density at radius 2 is 1.90 bits per heavy atom. The third-order valence-electron chi connectivity index (χ3n) is 3.43. The Morgan fingerprint density at radius 3 is 2.52 bits per heavy atom. The van der Waals surface area contributed by atoms with E-state index < -0.39 is 11.9 Å². The quantitative estimate of drug-likeness (QED) is 0.877. The van der Waals surface area contributed by atoms with Crippen molar-refractivity contribution in [1.29, 1.82) is 0 Å². The van der Waals surface area contributed by atoms with Crippen LogP contribution in [0.25, 0.3) is 0 Å². The van der Waals surface area contributed by atoms with Crippen molar-refractivity contribution in [3.63, 3.8) is 0 Å². The van der Waals surface area contributed by atoms with Crippen molar-refractivity contribution in [2.45, 2.75) is 26.2 Å². The van der Waals surface area contributed by atoms with E-state index in [0.29, 0.717) is 18.8 Å². The lowest BCUT2D eigenvalue weighted by Crippen LogP contribution is -2.14. The van der Waals surface area contributed by atoms with Crippen LogP contribution in [0, 0.1) is 6.92 Å². The normalized spacial score (nSPS) is 11.9. The summed E-state index contributed by atoms with van der Waals surface area (Å²) in [7, 11) is 0. The summed E-state index contributed by atoms with van der Waals surface area (Å²) in [6.07, 6.45) is 0.477. The first-order valence-electron chi connectivity index (χ1n) is 7.11. The SMILES string of the molecule is CCOc1cccc(C(Cc2ccc(C)cc2)C(=O)O)c1. The first-order chi connectivity index (χ1) is 10.1. The molecule has 2 aromatic carbocycles. The molecule has 1 unspecified atom stereocenters. The summed E-state index contributed by atoms with van der Waals surface area (Å²) < 4.78 is 5.45. The molecule has 0 radical (unpaired) electrons. The lowest BCUT2D eigenvalue weighted by Gasteiger charge is -2.14. The van der Waals surface area contributed by atoms with Crippen LogP contribution < -0.4 is 4.74 Å². The van der Waals surface area contributed by atoms with Gasteiger partial charge in [-0.25, -0.2) is 0 Å². The molecule has 0 saturated carbocycles. The monoisotopic (exact) mass is 284 g/mol. The summed E-state index contributed by atoms with van der Waals surface area (Å²) >= 11 is 0. The van der Waals surface area contributed by atoms with Crippen LogP contribution in [-0.4, -0.2) is 17.7 Å². The first kappa shape index (κ1) is 15.1. The Balaban J connectivity index is 2.24. The lowest BCUT2D eigenvalue weighted by molar-refractivity contribution is -0.138. The van der Waals surface area contributed by atoms with Gasteiger partial charge in [-0.3, -0.25) is 4.79 Å². The summed E-state index contributed by atoms with van der Waals surface area (Å²) in [5, 5.41) is 9.52. The predicted molar refractivity (Wildman–Crippen MR) is 82.9 cm³/mol. The van der Waals surface area contributed by atoms with Crippen LogP contribution in [0.2, 0.25) is 0 Å². The van der Waals surface area contributed by atoms with Crippen molar-refractivity contribution in [2.75, 3.05) is 6.61 Å².